The van der Waals surface area contributed by atoms with Crippen molar-refractivity contribution in [3.05, 3.63) is 22.2 Å². The third kappa shape index (κ3) is 9.82. The molecular weight excluding hydrogens is 474 g/mol. The average molecular weight is 525 g/mol. The zero-order valence-corrected chi connectivity index (χ0v) is 24.2. The zero-order chi connectivity index (χ0) is 22.5. The van der Waals surface area contributed by atoms with Crippen molar-refractivity contribution in [3.8, 4) is 0 Å². The molecule has 4 heteroatoms. The molecule has 0 bridgehead atoms. The molecule has 0 aromatic rings. The molecule has 1 heterocycles. The van der Waals surface area contributed by atoms with Crippen molar-refractivity contribution in [2.75, 3.05) is 0 Å². The third-order valence-corrected chi connectivity index (χ3v) is 21.4. The number of hydrogen-bond donors (Lipinski definition) is 0. The van der Waals surface area contributed by atoms with Crippen LogP contribution in [0, 0.1) is 0 Å². The van der Waals surface area contributed by atoms with Crippen molar-refractivity contribution in [1.29, 1.82) is 0 Å². The molecule has 0 aliphatic carbocycles. The molecule has 1 fully saturated rings. The minimum atomic E-state index is -2.06. The van der Waals surface area contributed by atoms with Crippen LogP contribution in [-0.4, -0.2) is 36.7 Å². The second-order valence-corrected chi connectivity index (χ2v) is 23.4. The van der Waals surface area contributed by atoms with Gasteiger partial charge in [0.2, 0.25) is 0 Å². The van der Waals surface area contributed by atoms with Crippen LogP contribution in [0.1, 0.15) is 113 Å². The van der Waals surface area contributed by atoms with Crippen molar-refractivity contribution in [3.63, 3.8) is 0 Å². The SMILES string of the molecule is CCC[CH2][Sn](/[CH]=C/CCCC/C=C/B1OC(C)(C)C(C)(C)O1)([CH2]CCC)[CH2]CCC. The van der Waals surface area contributed by atoms with Gasteiger partial charge in [-0.2, -0.15) is 0 Å². The Morgan fingerprint density at radius 1 is 0.667 bits per heavy atom. The zero-order valence-electron chi connectivity index (χ0n) is 21.4. The first kappa shape index (κ1) is 28.3. The van der Waals surface area contributed by atoms with E-state index in [1.54, 1.807) is 13.3 Å². The first-order valence-electron chi connectivity index (χ1n) is 12.9. The first-order chi connectivity index (χ1) is 14.2. The average Bonchev–Trinajstić information content (AvgIpc) is 2.91. The normalized spacial score (nSPS) is 18.8. The molecule has 0 unspecified atom stereocenters. The Morgan fingerprint density at radius 3 is 1.53 bits per heavy atom. The van der Waals surface area contributed by atoms with E-state index in [0.717, 1.165) is 6.42 Å². The van der Waals surface area contributed by atoms with E-state index in [2.05, 4.69) is 70.7 Å². The van der Waals surface area contributed by atoms with Crippen molar-refractivity contribution in [2.24, 2.45) is 0 Å². The van der Waals surface area contributed by atoms with Crippen LogP contribution in [0.2, 0.25) is 13.3 Å². The maximum atomic E-state index is 6.03. The van der Waals surface area contributed by atoms with Crippen molar-refractivity contribution in [2.45, 2.75) is 137 Å². The van der Waals surface area contributed by atoms with Crippen LogP contribution in [0.25, 0.3) is 0 Å². The summed E-state index contributed by atoms with van der Waals surface area (Å²) in [6.07, 6.45) is 18.2. The summed E-state index contributed by atoms with van der Waals surface area (Å²) in [6.45, 7) is 15.5. The molecule has 1 saturated heterocycles. The summed E-state index contributed by atoms with van der Waals surface area (Å²) in [5, 5.41) is 0. The Hall–Kier alpha value is 0.264. The Bertz CT molecular complexity index is 475. The van der Waals surface area contributed by atoms with E-state index in [9.17, 15) is 0 Å². The Morgan fingerprint density at radius 2 is 1.10 bits per heavy atom. The summed E-state index contributed by atoms with van der Waals surface area (Å²) in [6, 6.07) is 0. The number of unbranched alkanes of at least 4 members (excludes halogenated alkanes) is 6. The fraction of sp³-hybridized carbons (Fsp3) is 0.846. The Balaban J connectivity index is 2.41. The van der Waals surface area contributed by atoms with E-state index in [0.29, 0.717) is 0 Å². The molecule has 0 spiro atoms. The molecule has 174 valence electrons. The van der Waals surface area contributed by atoms with Gasteiger partial charge in [0.05, 0.1) is 0 Å². The van der Waals surface area contributed by atoms with Gasteiger partial charge in [-0.1, -0.05) is 0 Å². The van der Waals surface area contributed by atoms with Gasteiger partial charge >= 0.3 is 194 Å². The van der Waals surface area contributed by atoms with Crippen molar-refractivity contribution in [1.82, 2.24) is 0 Å². The second-order valence-electron chi connectivity index (χ2n) is 10.4. The van der Waals surface area contributed by atoms with E-state index in [4.69, 9.17) is 9.31 Å². The molecule has 1 aliphatic rings. The van der Waals surface area contributed by atoms with E-state index < -0.39 is 18.4 Å². The van der Waals surface area contributed by atoms with Gasteiger partial charge in [-0.15, -0.1) is 0 Å². The number of rotatable bonds is 16. The van der Waals surface area contributed by atoms with Crippen LogP contribution in [0.15, 0.2) is 22.2 Å². The van der Waals surface area contributed by atoms with Crippen molar-refractivity contribution >= 4 is 25.5 Å². The number of hydrogen-bond acceptors (Lipinski definition) is 2. The molecule has 0 saturated carbocycles. The van der Waals surface area contributed by atoms with Gasteiger partial charge in [0, 0.05) is 0 Å². The standard InChI is InChI=1S/C14H24BO2.3C4H9.Sn/c1-6-7-8-9-10-11-12-15-16-13(2,3)14(4,5)17-15;3*1-3-4-2;/h1,6,11-12H,7-10H2,2-5H3;3*1,3-4H2,2H3;/b6-1?,12-11+;;;;. The Kier molecular flexibility index (Phi) is 13.6. The molecule has 0 atom stereocenters. The van der Waals surface area contributed by atoms with Gasteiger partial charge in [0.25, 0.3) is 0 Å². The molecule has 1 rings (SSSR count). The molecule has 0 aromatic carbocycles. The van der Waals surface area contributed by atoms with Gasteiger partial charge in [-0.05, 0) is 0 Å². The van der Waals surface area contributed by atoms with E-state index in [1.807, 2.05) is 0 Å². The minimum absolute atomic E-state index is 0.194. The molecule has 0 N–H and O–H groups in total. The maximum absolute atomic E-state index is 6.03. The fourth-order valence-electron chi connectivity index (χ4n) is 4.24. The summed E-state index contributed by atoms with van der Waals surface area (Å²) < 4.78 is 19.6. The molecular formula is C26H51BO2Sn. The Labute approximate surface area is 193 Å². The summed E-state index contributed by atoms with van der Waals surface area (Å²) in [4.78, 5) is 0. The fourth-order valence-corrected chi connectivity index (χ4v) is 18.8. The van der Waals surface area contributed by atoms with Crippen LogP contribution in [-0.2, 0) is 9.31 Å². The van der Waals surface area contributed by atoms with Crippen LogP contribution in [0.4, 0.5) is 0 Å². The van der Waals surface area contributed by atoms with E-state index >= 15 is 0 Å². The molecule has 0 aromatic heterocycles. The van der Waals surface area contributed by atoms with Gasteiger partial charge in [0.15, 0.2) is 0 Å². The molecule has 30 heavy (non-hydrogen) atoms. The topological polar surface area (TPSA) is 18.5 Å². The third-order valence-electron chi connectivity index (χ3n) is 7.11. The first-order valence-corrected chi connectivity index (χ1v) is 20.6. The molecule has 2 nitrogen and oxygen atoms in total. The van der Waals surface area contributed by atoms with Crippen LogP contribution in [0.3, 0.4) is 0 Å². The molecule has 1 aliphatic heterocycles. The van der Waals surface area contributed by atoms with Gasteiger partial charge in [0.1, 0.15) is 0 Å². The number of allylic oxidation sites excluding steroid dienone is 2. The van der Waals surface area contributed by atoms with Crippen LogP contribution in [0.5, 0.6) is 0 Å². The second kappa shape index (κ2) is 14.4. The van der Waals surface area contributed by atoms with Gasteiger partial charge in [-0.25, -0.2) is 0 Å². The van der Waals surface area contributed by atoms with Crippen LogP contribution >= 0.6 is 0 Å². The quantitative estimate of drug-likeness (QED) is 0.148. The van der Waals surface area contributed by atoms with Gasteiger partial charge < -0.3 is 0 Å². The summed E-state index contributed by atoms with van der Waals surface area (Å²) in [5.74, 6) is 2.11. The predicted molar refractivity (Wildman–Crippen MR) is 138 cm³/mol. The monoisotopic (exact) mass is 526 g/mol. The van der Waals surface area contributed by atoms with E-state index in [1.165, 1.54) is 57.8 Å². The summed E-state index contributed by atoms with van der Waals surface area (Å²) >= 11 is -2.06. The summed E-state index contributed by atoms with van der Waals surface area (Å²) in [7, 11) is -0.194. The van der Waals surface area contributed by atoms with Gasteiger partial charge in [-0.3, -0.25) is 0 Å². The van der Waals surface area contributed by atoms with Crippen LogP contribution < -0.4 is 0 Å². The van der Waals surface area contributed by atoms with Crippen molar-refractivity contribution < 1.29 is 9.31 Å². The predicted octanol–water partition coefficient (Wildman–Crippen LogP) is 8.68. The molecule has 0 amide bonds. The summed E-state index contributed by atoms with van der Waals surface area (Å²) in [5.41, 5.74) is -0.475. The van der Waals surface area contributed by atoms with E-state index in [-0.39, 0.29) is 18.3 Å². The molecule has 0 radical (unpaired) electrons.